The Labute approximate surface area is 192 Å². The molecule has 6 heteroatoms. The van der Waals surface area contributed by atoms with E-state index in [9.17, 15) is 4.79 Å². The minimum absolute atomic E-state index is 0.0407. The maximum Gasteiger partial charge on any atom is 0.243 e. The van der Waals surface area contributed by atoms with Gasteiger partial charge in [0.05, 0.1) is 16.3 Å². The molecule has 4 rings (SSSR count). The number of hydrazone groups is 1. The Morgan fingerprint density at radius 1 is 1.06 bits per heavy atom. The molecule has 0 bridgehead atoms. The summed E-state index contributed by atoms with van der Waals surface area (Å²) in [5, 5.41) is 5.00. The van der Waals surface area contributed by atoms with Crippen molar-refractivity contribution in [3.8, 4) is 11.3 Å². The van der Waals surface area contributed by atoms with Gasteiger partial charge in [-0.05, 0) is 59.2 Å². The Hall–Kier alpha value is -2.56. The van der Waals surface area contributed by atoms with Crippen molar-refractivity contribution in [1.82, 2.24) is 5.43 Å². The molecule has 1 fully saturated rings. The first-order chi connectivity index (χ1) is 14.7. The van der Waals surface area contributed by atoms with Crippen LogP contribution in [0.25, 0.3) is 11.3 Å². The zero-order valence-electron chi connectivity index (χ0n) is 17.7. The smallest absolute Gasteiger partial charge is 0.243 e. The lowest BCUT2D eigenvalue weighted by Gasteiger charge is -2.19. The summed E-state index contributed by atoms with van der Waals surface area (Å²) in [4.78, 5) is 12.4. The zero-order valence-corrected chi connectivity index (χ0v) is 19.2. The Bertz CT molecular complexity index is 1130. The molecule has 1 aliphatic rings. The summed E-state index contributed by atoms with van der Waals surface area (Å²) in [5.41, 5.74) is 6.06. The van der Waals surface area contributed by atoms with Crippen LogP contribution in [0.3, 0.4) is 0 Å². The molecule has 1 amide bonds. The van der Waals surface area contributed by atoms with Crippen LogP contribution in [0.2, 0.25) is 10.0 Å². The van der Waals surface area contributed by atoms with Crippen LogP contribution in [0.1, 0.15) is 50.0 Å². The van der Waals surface area contributed by atoms with E-state index in [1.54, 1.807) is 18.2 Å². The Kier molecular flexibility index (Phi) is 5.96. The number of carbonyl (C=O) groups is 1. The number of rotatable bonds is 5. The van der Waals surface area contributed by atoms with E-state index in [4.69, 9.17) is 27.6 Å². The fourth-order valence-corrected chi connectivity index (χ4v) is 3.85. The highest BCUT2D eigenvalue weighted by Crippen LogP contribution is 2.47. The van der Waals surface area contributed by atoms with Gasteiger partial charge in [-0.3, -0.25) is 4.79 Å². The summed E-state index contributed by atoms with van der Waals surface area (Å²) in [6, 6.07) is 17.5. The van der Waals surface area contributed by atoms with Crippen molar-refractivity contribution in [2.24, 2.45) is 11.0 Å². The number of hydrogen-bond acceptors (Lipinski definition) is 3. The van der Waals surface area contributed by atoms with E-state index >= 15 is 0 Å². The molecule has 0 spiro atoms. The molecule has 3 aromatic rings. The molecule has 1 N–H and O–H groups in total. The molecular formula is C25H24Cl2N2O2. The van der Waals surface area contributed by atoms with Crippen LogP contribution in [0.4, 0.5) is 0 Å². The van der Waals surface area contributed by atoms with E-state index in [2.05, 4.69) is 55.6 Å². The molecule has 1 heterocycles. The van der Waals surface area contributed by atoms with Gasteiger partial charge >= 0.3 is 0 Å². The van der Waals surface area contributed by atoms with Crippen LogP contribution in [0, 0.1) is 5.92 Å². The quantitative estimate of drug-likeness (QED) is 0.340. The standard InChI is InChI=1S/C25H24Cl2N2O2/c1-25(2,3)17-7-4-15(5-8-17)19-13-20(19)24(30)29-28-14-18-9-11-23(31-18)16-6-10-21(26)22(27)12-16/h4-12,14,19-20H,13H2,1-3H3,(H,29,30)/b28-14+/t19-,20-/m0/s1. The Morgan fingerprint density at radius 2 is 1.81 bits per heavy atom. The fraction of sp³-hybridized carbons (Fsp3) is 0.280. The van der Waals surface area contributed by atoms with Crippen molar-refractivity contribution in [3.63, 3.8) is 0 Å². The number of halogens is 2. The topological polar surface area (TPSA) is 54.6 Å². The monoisotopic (exact) mass is 454 g/mol. The summed E-state index contributed by atoms with van der Waals surface area (Å²) in [6.45, 7) is 6.58. The lowest BCUT2D eigenvalue weighted by atomic mass is 9.86. The maximum atomic E-state index is 12.4. The van der Waals surface area contributed by atoms with Crippen molar-refractivity contribution in [1.29, 1.82) is 0 Å². The minimum atomic E-state index is -0.0718. The summed E-state index contributed by atoms with van der Waals surface area (Å²) >= 11 is 12.0. The van der Waals surface area contributed by atoms with E-state index in [0.717, 1.165) is 12.0 Å². The molecule has 0 aliphatic heterocycles. The third-order valence-electron chi connectivity index (χ3n) is 5.53. The molecule has 31 heavy (non-hydrogen) atoms. The van der Waals surface area contributed by atoms with Gasteiger partial charge < -0.3 is 4.42 Å². The largest absolute Gasteiger partial charge is 0.455 e. The zero-order chi connectivity index (χ0) is 22.2. The highest BCUT2D eigenvalue weighted by Gasteiger charge is 2.44. The second-order valence-corrected chi connectivity index (χ2v) is 9.70. The summed E-state index contributed by atoms with van der Waals surface area (Å²) < 4.78 is 5.75. The van der Waals surface area contributed by atoms with Gasteiger partial charge in [0.15, 0.2) is 0 Å². The predicted molar refractivity (Wildman–Crippen MR) is 126 cm³/mol. The maximum absolute atomic E-state index is 12.4. The summed E-state index contributed by atoms with van der Waals surface area (Å²) in [7, 11) is 0. The van der Waals surface area contributed by atoms with Crippen LogP contribution >= 0.6 is 23.2 Å². The normalized spacial score (nSPS) is 18.4. The van der Waals surface area contributed by atoms with Gasteiger partial charge in [-0.1, -0.05) is 68.2 Å². The van der Waals surface area contributed by atoms with Crippen molar-refractivity contribution in [3.05, 3.63) is 81.5 Å². The number of nitrogens with one attached hydrogen (secondary N) is 1. The molecular weight excluding hydrogens is 431 g/mol. The van der Waals surface area contributed by atoms with Gasteiger partial charge in [0.25, 0.3) is 0 Å². The van der Waals surface area contributed by atoms with Crippen molar-refractivity contribution >= 4 is 35.3 Å². The van der Waals surface area contributed by atoms with Crippen molar-refractivity contribution in [2.45, 2.75) is 38.5 Å². The number of carbonyl (C=O) groups excluding carboxylic acids is 1. The average Bonchev–Trinajstić information content (AvgIpc) is 3.40. The van der Waals surface area contributed by atoms with Crippen LogP contribution < -0.4 is 5.43 Å². The van der Waals surface area contributed by atoms with Crippen molar-refractivity contribution in [2.75, 3.05) is 0 Å². The summed E-state index contributed by atoms with van der Waals surface area (Å²) in [5.74, 6) is 1.33. The Morgan fingerprint density at radius 3 is 2.48 bits per heavy atom. The number of amides is 1. The molecule has 0 unspecified atom stereocenters. The molecule has 2 aromatic carbocycles. The van der Waals surface area contributed by atoms with Gasteiger partial charge in [0.2, 0.25) is 5.91 Å². The lowest BCUT2D eigenvalue weighted by molar-refractivity contribution is -0.122. The molecule has 1 aliphatic carbocycles. The fourth-order valence-electron chi connectivity index (χ4n) is 3.55. The average molecular weight is 455 g/mol. The van der Waals surface area contributed by atoms with E-state index in [0.29, 0.717) is 21.6 Å². The Balaban J connectivity index is 1.32. The van der Waals surface area contributed by atoms with Gasteiger partial charge in [0.1, 0.15) is 11.5 Å². The van der Waals surface area contributed by atoms with Gasteiger partial charge in [0, 0.05) is 11.5 Å². The molecule has 1 saturated carbocycles. The first-order valence-electron chi connectivity index (χ1n) is 10.2. The first-order valence-corrected chi connectivity index (χ1v) is 11.0. The molecule has 160 valence electrons. The second kappa shape index (κ2) is 8.52. The van der Waals surface area contributed by atoms with Crippen LogP contribution in [0.15, 0.2) is 64.1 Å². The predicted octanol–water partition coefficient (Wildman–Crippen LogP) is 6.80. The van der Waals surface area contributed by atoms with Gasteiger partial charge in [-0.15, -0.1) is 0 Å². The minimum Gasteiger partial charge on any atom is -0.455 e. The van der Waals surface area contributed by atoms with E-state index in [1.807, 2.05) is 12.1 Å². The molecule has 4 nitrogen and oxygen atoms in total. The third-order valence-corrected chi connectivity index (χ3v) is 6.27. The van der Waals surface area contributed by atoms with E-state index < -0.39 is 0 Å². The lowest BCUT2D eigenvalue weighted by Crippen LogP contribution is -2.20. The van der Waals surface area contributed by atoms with Crippen LogP contribution in [0.5, 0.6) is 0 Å². The first kappa shape index (κ1) is 21.7. The molecule has 0 radical (unpaired) electrons. The number of hydrogen-bond donors (Lipinski definition) is 1. The molecule has 2 atom stereocenters. The van der Waals surface area contributed by atoms with Gasteiger partial charge in [-0.25, -0.2) is 5.43 Å². The van der Waals surface area contributed by atoms with E-state index in [-0.39, 0.29) is 23.2 Å². The number of benzene rings is 2. The van der Waals surface area contributed by atoms with Crippen LogP contribution in [-0.4, -0.2) is 12.1 Å². The SMILES string of the molecule is CC(C)(C)c1ccc([C@@H]2C[C@@H]2C(=O)N/N=C/c2ccc(-c3ccc(Cl)c(Cl)c3)o2)cc1. The van der Waals surface area contributed by atoms with E-state index in [1.165, 1.54) is 17.3 Å². The van der Waals surface area contributed by atoms with Crippen molar-refractivity contribution < 1.29 is 9.21 Å². The molecule has 1 aromatic heterocycles. The summed E-state index contributed by atoms with van der Waals surface area (Å²) in [6.07, 6.45) is 2.34. The van der Waals surface area contributed by atoms with Gasteiger partial charge in [-0.2, -0.15) is 5.10 Å². The highest BCUT2D eigenvalue weighted by molar-refractivity contribution is 6.42. The number of nitrogens with zero attached hydrogens (tertiary/aromatic N) is 1. The van der Waals surface area contributed by atoms with Crippen LogP contribution in [-0.2, 0) is 10.2 Å². The number of furan rings is 1. The molecule has 0 saturated heterocycles. The third kappa shape index (κ3) is 5.03. The highest BCUT2D eigenvalue weighted by atomic mass is 35.5. The second-order valence-electron chi connectivity index (χ2n) is 8.89.